The first-order chi connectivity index (χ1) is 20.3. The number of hydrogen-bond acceptors (Lipinski definition) is 6. The van der Waals surface area contributed by atoms with Crippen LogP contribution in [0.1, 0.15) is 47.2 Å². The summed E-state index contributed by atoms with van der Waals surface area (Å²) in [5.41, 5.74) is 1.50. The fraction of sp³-hybridized carbons (Fsp3) is 0.394. The highest BCUT2D eigenvalue weighted by Crippen LogP contribution is 2.44. The average molecular weight is 578 g/mol. The van der Waals surface area contributed by atoms with Crippen LogP contribution >= 0.6 is 0 Å². The number of likely N-dealkylation sites (tertiary alicyclic amines) is 1. The number of ether oxygens (including phenoxy) is 2. The van der Waals surface area contributed by atoms with Crippen molar-refractivity contribution in [3.8, 4) is 16.9 Å². The van der Waals surface area contributed by atoms with Gasteiger partial charge in [-0.05, 0) is 79.8 Å². The number of aliphatic hydroxyl groups is 1. The maximum Gasteiger partial charge on any atom is 0.406 e. The topological polar surface area (TPSA) is 100 Å². The van der Waals surface area contributed by atoms with Crippen LogP contribution in [-0.4, -0.2) is 62.9 Å². The van der Waals surface area contributed by atoms with E-state index in [4.69, 9.17) is 4.74 Å². The lowest BCUT2D eigenvalue weighted by Gasteiger charge is -2.43. The molecule has 0 radical (unpaired) electrons. The summed E-state index contributed by atoms with van der Waals surface area (Å²) in [5.74, 6) is -0.360. The van der Waals surface area contributed by atoms with Gasteiger partial charge in [-0.15, -0.1) is 0 Å². The summed E-state index contributed by atoms with van der Waals surface area (Å²) in [6.45, 7) is 1.86. The lowest BCUT2D eigenvalue weighted by molar-refractivity contribution is -0.0564. The van der Waals surface area contributed by atoms with Gasteiger partial charge in [0, 0.05) is 43.2 Å². The van der Waals surface area contributed by atoms with Gasteiger partial charge in [-0.3, -0.25) is 4.79 Å². The Morgan fingerprint density at radius 1 is 1.10 bits per heavy atom. The molecule has 1 saturated heterocycles. The fourth-order valence-electron chi connectivity index (χ4n) is 5.84. The monoisotopic (exact) mass is 577 g/mol. The zero-order valence-electron chi connectivity index (χ0n) is 24.5. The van der Waals surface area contributed by atoms with Gasteiger partial charge in [0.05, 0.1) is 19.8 Å². The molecule has 3 aromatic carbocycles. The van der Waals surface area contributed by atoms with Crippen LogP contribution in [0.5, 0.6) is 5.75 Å². The Hall–Kier alpha value is -3.95. The molecular formula is C33H40FN3O5. The third-order valence-corrected chi connectivity index (χ3v) is 7.99. The van der Waals surface area contributed by atoms with Gasteiger partial charge in [-0.1, -0.05) is 36.4 Å². The molecule has 3 aromatic rings. The molecule has 1 unspecified atom stereocenters. The lowest BCUT2D eigenvalue weighted by Crippen LogP contribution is -2.48. The molecule has 0 bridgehead atoms. The van der Waals surface area contributed by atoms with Crippen LogP contribution in [0.2, 0.25) is 0 Å². The summed E-state index contributed by atoms with van der Waals surface area (Å²) in [7, 11) is 4.71. The second-order valence-electron chi connectivity index (χ2n) is 10.7. The molecule has 3 N–H and O–H groups in total. The van der Waals surface area contributed by atoms with E-state index < -0.39 is 17.5 Å². The largest absolute Gasteiger partial charge is 0.497 e. The van der Waals surface area contributed by atoms with E-state index in [0.29, 0.717) is 66.9 Å². The van der Waals surface area contributed by atoms with E-state index in [1.165, 1.54) is 13.2 Å². The van der Waals surface area contributed by atoms with Gasteiger partial charge in [0.2, 0.25) is 0 Å². The van der Waals surface area contributed by atoms with Crippen molar-refractivity contribution in [2.45, 2.75) is 37.8 Å². The molecule has 42 heavy (non-hydrogen) atoms. The number of piperidine rings is 1. The van der Waals surface area contributed by atoms with Crippen molar-refractivity contribution in [1.82, 2.24) is 15.5 Å². The average Bonchev–Trinajstić information content (AvgIpc) is 3.03. The molecular weight excluding hydrogens is 537 g/mol. The lowest BCUT2D eigenvalue weighted by atomic mass is 9.72. The molecule has 8 nitrogen and oxygen atoms in total. The number of alkyl carbamates (subject to hydrolysis) is 1. The minimum Gasteiger partial charge on any atom is -0.497 e. The molecule has 2 atom stereocenters. The highest BCUT2D eigenvalue weighted by Gasteiger charge is 2.43. The first-order valence-corrected chi connectivity index (χ1v) is 14.3. The Bertz CT molecular complexity index is 1370. The van der Waals surface area contributed by atoms with Crippen LogP contribution in [0.25, 0.3) is 11.1 Å². The van der Waals surface area contributed by atoms with E-state index in [2.05, 4.69) is 15.4 Å². The molecule has 0 aliphatic carbocycles. The Balaban J connectivity index is 1.69. The third-order valence-electron chi connectivity index (χ3n) is 7.99. The highest BCUT2D eigenvalue weighted by atomic mass is 19.1. The van der Waals surface area contributed by atoms with Crippen molar-refractivity contribution in [1.29, 1.82) is 0 Å². The summed E-state index contributed by atoms with van der Waals surface area (Å²) in [4.78, 5) is 27.0. The van der Waals surface area contributed by atoms with Gasteiger partial charge in [-0.25, -0.2) is 9.18 Å². The number of hydrogen-bond donors (Lipinski definition) is 3. The molecule has 2 amide bonds. The van der Waals surface area contributed by atoms with E-state index in [1.807, 2.05) is 31.3 Å². The minimum atomic E-state index is -1.49. The van der Waals surface area contributed by atoms with E-state index in [1.54, 1.807) is 48.4 Å². The SMILES string of the molecule is CNCc1ccc(C(=O)N2CCC[C@@H](C(O)(CCCNC(=O)OC)c3cccc(F)c3-c3cccc(OC)c3)C2)cc1. The quantitative estimate of drug-likeness (QED) is 0.275. The van der Waals surface area contributed by atoms with Crippen LogP contribution < -0.4 is 15.4 Å². The maximum absolute atomic E-state index is 15.6. The van der Waals surface area contributed by atoms with Crippen molar-refractivity contribution in [3.05, 3.63) is 89.2 Å². The number of carbonyl (C=O) groups is 2. The Morgan fingerprint density at radius 3 is 2.57 bits per heavy atom. The van der Waals surface area contributed by atoms with Crippen LogP contribution in [0, 0.1) is 11.7 Å². The zero-order chi connectivity index (χ0) is 30.1. The summed E-state index contributed by atoms with van der Waals surface area (Å²) in [5, 5.41) is 18.4. The number of methoxy groups -OCH3 is 2. The zero-order valence-corrected chi connectivity index (χ0v) is 24.5. The molecule has 1 aliphatic heterocycles. The van der Waals surface area contributed by atoms with E-state index in [9.17, 15) is 14.7 Å². The molecule has 0 saturated carbocycles. The van der Waals surface area contributed by atoms with Gasteiger partial charge in [0.25, 0.3) is 5.91 Å². The third kappa shape index (κ3) is 7.09. The van der Waals surface area contributed by atoms with Crippen LogP contribution in [0.4, 0.5) is 9.18 Å². The van der Waals surface area contributed by atoms with Crippen molar-refractivity contribution >= 4 is 12.0 Å². The number of amides is 2. The second kappa shape index (κ2) is 14.3. The first kappa shape index (κ1) is 31.0. The van der Waals surface area contributed by atoms with Gasteiger partial charge in [-0.2, -0.15) is 0 Å². The predicted molar refractivity (Wildman–Crippen MR) is 160 cm³/mol. The number of halogens is 1. The van der Waals surface area contributed by atoms with Crippen molar-refractivity contribution < 1.29 is 28.6 Å². The normalized spacial score (nSPS) is 16.4. The summed E-state index contributed by atoms with van der Waals surface area (Å²) in [6.07, 6.45) is 1.44. The molecule has 1 aliphatic rings. The summed E-state index contributed by atoms with van der Waals surface area (Å²) in [6, 6.07) is 19.4. The summed E-state index contributed by atoms with van der Waals surface area (Å²) < 4.78 is 25.7. The maximum atomic E-state index is 15.6. The number of rotatable bonds is 11. The van der Waals surface area contributed by atoms with Gasteiger partial charge < -0.3 is 30.1 Å². The molecule has 1 fully saturated rings. The number of benzene rings is 3. The highest BCUT2D eigenvalue weighted by molar-refractivity contribution is 5.94. The standard InChI is InChI=1S/C33H40FN3O5/c1-35-21-23-13-15-24(16-14-23)31(38)37-19-6-9-26(22-37)33(40,17-7-18-36-32(39)42-3)28-11-5-12-29(34)30(28)25-8-4-10-27(20-25)41-2/h4-5,8,10-16,20,26,35,40H,6-7,9,17-19,21-22H2,1-3H3,(H,36,39)/t26-,33?/m1/s1. The molecule has 1 heterocycles. The Kier molecular flexibility index (Phi) is 10.5. The Morgan fingerprint density at radius 2 is 1.86 bits per heavy atom. The van der Waals surface area contributed by atoms with Gasteiger partial charge in [0.15, 0.2) is 0 Å². The smallest absolute Gasteiger partial charge is 0.406 e. The van der Waals surface area contributed by atoms with E-state index >= 15 is 4.39 Å². The Labute approximate surface area is 246 Å². The molecule has 0 aromatic heterocycles. The molecule has 4 rings (SSSR count). The van der Waals surface area contributed by atoms with Crippen molar-refractivity contribution in [2.24, 2.45) is 5.92 Å². The number of carbonyl (C=O) groups excluding carboxylic acids is 2. The first-order valence-electron chi connectivity index (χ1n) is 14.3. The van der Waals surface area contributed by atoms with Gasteiger partial charge in [0.1, 0.15) is 11.6 Å². The van der Waals surface area contributed by atoms with Crippen molar-refractivity contribution in [2.75, 3.05) is 40.9 Å². The van der Waals surface area contributed by atoms with Crippen LogP contribution in [0.15, 0.2) is 66.7 Å². The predicted octanol–water partition coefficient (Wildman–Crippen LogP) is 5.10. The number of nitrogens with one attached hydrogen (secondary N) is 2. The molecule has 224 valence electrons. The van der Waals surface area contributed by atoms with Crippen LogP contribution in [0.3, 0.4) is 0 Å². The minimum absolute atomic E-state index is 0.0994. The van der Waals surface area contributed by atoms with Gasteiger partial charge >= 0.3 is 6.09 Å². The number of nitrogens with zero attached hydrogens (tertiary/aromatic N) is 1. The second-order valence-corrected chi connectivity index (χ2v) is 10.7. The van der Waals surface area contributed by atoms with E-state index in [0.717, 1.165) is 5.56 Å². The summed E-state index contributed by atoms with van der Waals surface area (Å²) >= 11 is 0. The van der Waals surface area contributed by atoms with E-state index in [-0.39, 0.29) is 24.8 Å². The molecule has 0 spiro atoms. The van der Waals surface area contributed by atoms with Crippen LogP contribution in [-0.2, 0) is 16.9 Å². The molecule has 9 heteroatoms. The van der Waals surface area contributed by atoms with Crippen molar-refractivity contribution in [3.63, 3.8) is 0 Å². The fourth-order valence-corrected chi connectivity index (χ4v) is 5.84.